The number of hydrogen-bond acceptors (Lipinski definition) is 2. The van der Waals surface area contributed by atoms with Crippen molar-refractivity contribution >= 4 is 16.7 Å². The Balaban J connectivity index is 1.32. The highest BCUT2D eigenvalue weighted by atomic mass is 16.5. The lowest BCUT2D eigenvalue weighted by Gasteiger charge is -2.56. The Morgan fingerprint density at radius 2 is 1.44 bits per heavy atom. The van der Waals surface area contributed by atoms with Gasteiger partial charge < -0.3 is 4.74 Å². The monoisotopic (exact) mass is 360 g/mol. The van der Waals surface area contributed by atoms with Crippen LogP contribution in [-0.4, -0.2) is 5.97 Å². The van der Waals surface area contributed by atoms with Gasteiger partial charge in [-0.25, -0.2) is 0 Å². The van der Waals surface area contributed by atoms with E-state index in [1.807, 2.05) is 24.3 Å². The van der Waals surface area contributed by atoms with E-state index in [4.69, 9.17) is 4.74 Å². The molecule has 2 aromatic rings. The Morgan fingerprint density at radius 3 is 2.22 bits per heavy atom. The maximum Gasteiger partial charge on any atom is 0.314 e. The summed E-state index contributed by atoms with van der Waals surface area (Å²) in [6, 6.07) is 14.2. The van der Waals surface area contributed by atoms with E-state index in [-0.39, 0.29) is 11.9 Å². The Bertz CT molecular complexity index is 860. The first-order valence-corrected chi connectivity index (χ1v) is 11.0. The van der Waals surface area contributed by atoms with Crippen LogP contribution in [0.2, 0.25) is 0 Å². The van der Waals surface area contributed by atoms with Crippen LogP contribution < -0.4 is 4.74 Å². The average Bonchev–Trinajstić information content (AvgIpc) is 3.38. The van der Waals surface area contributed by atoms with Gasteiger partial charge in [0, 0.05) is 5.39 Å². The predicted molar refractivity (Wildman–Crippen MR) is 106 cm³/mol. The van der Waals surface area contributed by atoms with Crippen LogP contribution in [0.1, 0.15) is 44.9 Å². The number of ether oxygens (including phenoxy) is 1. The molecule has 0 N–H and O–H groups in total. The molecular formula is C25H28O2. The third-order valence-corrected chi connectivity index (χ3v) is 8.59. The number of hydrogen-bond donors (Lipinski definition) is 0. The van der Waals surface area contributed by atoms with Crippen molar-refractivity contribution in [1.29, 1.82) is 0 Å². The zero-order chi connectivity index (χ0) is 18.0. The molecule has 5 fully saturated rings. The van der Waals surface area contributed by atoms with Gasteiger partial charge in [-0.15, -0.1) is 0 Å². The molecule has 2 aromatic carbocycles. The lowest BCUT2D eigenvalue weighted by molar-refractivity contribution is -0.157. The summed E-state index contributed by atoms with van der Waals surface area (Å²) in [5.41, 5.74) is 0. The fourth-order valence-electron chi connectivity index (χ4n) is 7.81. The van der Waals surface area contributed by atoms with Crippen molar-refractivity contribution in [3.8, 4) is 5.75 Å². The normalized spacial score (nSPS) is 39.3. The number of carbonyl (C=O) groups is 1. The molecule has 5 aliphatic rings. The maximum atomic E-state index is 13.4. The van der Waals surface area contributed by atoms with Crippen LogP contribution in [0.25, 0.3) is 10.8 Å². The fourth-order valence-corrected chi connectivity index (χ4v) is 7.81. The lowest BCUT2D eigenvalue weighted by atomic mass is 9.48. The Kier molecular flexibility index (Phi) is 3.64. The molecule has 2 bridgehead atoms. The molecular weight excluding hydrogens is 332 g/mol. The van der Waals surface area contributed by atoms with Gasteiger partial charge in [-0.3, -0.25) is 4.79 Å². The van der Waals surface area contributed by atoms with E-state index in [2.05, 4.69) is 18.2 Å². The molecule has 0 aliphatic heterocycles. The van der Waals surface area contributed by atoms with Gasteiger partial charge in [-0.05, 0) is 79.1 Å². The number of benzene rings is 2. The van der Waals surface area contributed by atoms with E-state index < -0.39 is 0 Å². The molecule has 0 radical (unpaired) electrons. The minimum absolute atomic E-state index is 0.0528. The second kappa shape index (κ2) is 6.09. The van der Waals surface area contributed by atoms with E-state index in [1.54, 1.807) is 0 Å². The van der Waals surface area contributed by atoms with Gasteiger partial charge in [0.15, 0.2) is 0 Å². The van der Waals surface area contributed by atoms with Crippen molar-refractivity contribution in [2.45, 2.75) is 44.9 Å². The molecule has 7 rings (SSSR count). The van der Waals surface area contributed by atoms with Crippen molar-refractivity contribution in [3.05, 3.63) is 42.5 Å². The molecule has 140 valence electrons. The van der Waals surface area contributed by atoms with Crippen molar-refractivity contribution in [3.63, 3.8) is 0 Å². The second-order valence-corrected chi connectivity index (χ2v) is 9.50. The van der Waals surface area contributed by atoms with E-state index in [9.17, 15) is 4.79 Å². The summed E-state index contributed by atoms with van der Waals surface area (Å²) in [6.45, 7) is 0. The van der Waals surface area contributed by atoms with Crippen LogP contribution in [0, 0.1) is 41.4 Å². The first-order valence-electron chi connectivity index (χ1n) is 11.0. The summed E-state index contributed by atoms with van der Waals surface area (Å²) in [5, 5.41) is 2.19. The quantitative estimate of drug-likeness (QED) is 0.496. The topological polar surface area (TPSA) is 26.3 Å². The molecule has 5 unspecified atom stereocenters. The molecule has 0 amide bonds. The minimum Gasteiger partial charge on any atom is -0.426 e. The van der Waals surface area contributed by atoms with Crippen LogP contribution in [0.4, 0.5) is 0 Å². The number of carbonyl (C=O) groups excluding carboxylic acids is 1. The van der Waals surface area contributed by atoms with Gasteiger partial charge in [0.25, 0.3) is 0 Å². The third-order valence-electron chi connectivity index (χ3n) is 8.59. The largest absolute Gasteiger partial charge is 0.426 e. The van der Waals surface area contributed by atoms with Crippen molar-refractivity contribution in [1.82, 2.24) is 0 Å². The van der Waals surface area contributed by atoms with E-state index in [0.717, 1.165) is 52.5 Å². The second-order valence-electron chi connectivity index (χ2n) is 9.50. The van der Waals surface area contributed by atoms with E-state index in [0.29, 0.717) is 5.92 Å². The summed E-state index contributed by atoms with van der Waals surface area (Å²) in [5.74, 6) is 5.74. The lowest BCUT2D eigenvalue weighted by Crippen LogP contribution is -2.54. The molecule has 0 saturated heterocycles. The maximum absolute atomic E-state index is 13.4. The van der Waals surface area contributed by atoms with E-state index in [1.165, 1.54) is 38.5 Å². The van der Waals surface area contributed by atoms with Gasteiger partial charge in [-0.1, -0.05) is 49.2 Å². The fraction of sp³-hybridized carbons (Fsp3) is 0.560. The summed E-state index contributed by atoms with van der Waals surface area (Å²) >= 11 is 0. The number of fused-ring (bicyclic) bond motifs is 2. The summed E-state index contributed by atoms with van der Waals surface area (Å²) in [7, 11) is 0. The van der Waals surface area contributed by atoms with Crippen molar-refractivity contribution in [2.75, 3.05) is 0 Å². The SMILES string of the molecule is O=C(Oc1cccc2ccccc12)C1CC2C3CCCC3C1C1CCCC21. The molecule has 5 atom stereocenters. The minimum atomic E-state index is 0.0528. The van der Waals surface area contributed by atoms with Crippen LogP contribution in [-0.2, 0) is 4.79 Å². The van der Waals surface area contributed by atoms with Crippen molar-refractivity contribution in [2.24, 2.45) is 41.4 Å². The van der Waals surface area contributed by atoms with Crippen LogP contribution in [0.3, 0.4) is 0 Å². The van der Waals surface area contributed by atoms with E-state index >= 15 is 0 Å². The van der Waals surface area contributed by atoms with Crippen LogP contribution in [0.15, 0.2) is 42.5 Å². The summed E-state index contributed by atoms with van der Waals surface area (Å²) in [4.78, 5) is 13.4. The van der Waals surface area contributed by atoms with Crippen LogP contribution >= 0.6 is 0 Å². The van der Waals surface area contributed by atoms with Gasteiger partial charge in [0.1, 0.15) is 5.75 Å². The van der Waals surface area contributed by atoms with Crippen LogP contribution in [0.5, 0.6) is 5.75 Å². The molecule has 0 spiro atoms. The number of rotatable bonds is 2. The molecule has 0 heterocycles. The van der Waals surface area contributed by atoms with Gasteiger partial charge in [-0.2, -0.15) is 0 Å². The Labute approximate surface area is 161 Å². The third kappa shape index (κ3) is 2.35. The molecule has 5 aliphatic carbocycles. The zero-order valence-electron chi connectivity index (χ0n) is 15.8. The molecule has 5 saturated carbocycles. The Morgan fingerprint density at radius 1 is 0.778 bits per heavy atom. The first kappa shape index (κ1) is 16.2. The standard InChI is InChI=1S/C25H28O2/c26-25(27-23-13-3-7-15-6-1-2-8-16(15)23)22-14-21-17-9-4-11-19(17)24(22)20-12-5-10-18(20)21/h1-3,6-8,13,17-22,24H,4-5,9-12,14H2. The molecule has 27 heavy (non-hydrogen) atoms. The Hall–Kier alpha value is -1.83. The average molecular weight is 360 g/mol. The van der Waals surface area contributed by atoms with Gasteiger partial charge in [0.05, 0.1) is 5.92 Å². The highest BCUT2D eigenvalue weighted by molar-refractivity contribution is 5.90. The molecule has 0 aromatic heterocycles. The highest BCUT2D eigenvalue weighted by Gasteiger charge is 2.61. The summed E-state index contributed by atoms with van der Waals surface area (Å²) < 4.78 is 6.08. The number of esters is 1. The van der Waals surface area contributed by atoms with Gasteiger partial charge >= 0.3 is 5.97 Å². The predicted octanol–water partition coefficient (Wildman–Crippen LogP) is 5.84. The highest BCUT2D eigenvalue weighted by Crippen LogP contribution is 2.65. The molecule has 2 heteroatoms. The van der Waals surface area contributed by atoms with Gasteiger partial charge in [0.2, 0.25) is 0 Å². The summed E-state index contributed by atoms with van der Waals surface area (Å²) in [6.07, 6.45) is 9.40. The molecule has 2 nitrogen and oxygen atoms in total. The zero-order valence-corrected chi connectivity index (χ0v) is 15.8. The smallest absolute Gasteiger partial charge is 0.314 e. The first-order chi connectivity index (χ1) is 13.3. The van der Waals surface area contributed by atoms with Crippen molar-refractivity contribution < 1.29 is 9.53 Å².